The van der Waals surface area contributed by atoms with Crippen LogP contribution >= 0.6 is 15.9 Å². The van der Waals surface area contributed by atoms with E-state index in [4.69, 9.17) is 0 Å². The fourth-order valence-corrected chi connectivity index (χ4v) is 3.27. The number of aryl methyl sites for hydroxylation is 2. The molecule has 0 spiro atoms. The second kappa shape index (κ2) is 7.26. The Hall–Kier alpha value is -1.08. The molecule has 1 atom stereocenters. The molecular formula is C20H25Br. The van der Waals surface area contributed by atoms with Crippen LogP contribution in [0.25, 0.3) is 0 Å². The molecule has 2 aromatic rings. The highest BCUT2D eigenvalue weighted by atomic mass is 79.9. The zero-order valence-corrected chi connectivity index (χ0v) is 15.1. The Kier molecular flexibility index (Phi) is 5.64. The SMILES string of the molecule is Cc1ccc(CC(Br)c2ccc(CC(C)C)cc2)cc1C. The molecule has 0 saturated carbocycles. The molecule has 0 N–H and O–H groups in total. The summed E-state index contributed by atoms with van der Waals surface area (Å²) in [5, 5.41) is 0. The van der Waals surface area contributed by atoms with Gasteiger partial charge >= 0.3 is 0 Å². The molecule has 0 bridgehead atoms. The molecular weight excluding hydrogens is 320 g/mol. The maximum atomic E-state index is 3.84. The lowest BCUT2D eigenvalue weighted by Gasteiger charge is -2.13. The number of hydrogen-bond acceptors (Lipinski definition) is 0. The van der Waals surface area contributed by atoms with E-state index in [1.807, 2.05) is 0 Å². The van der Waals surface area contributed by atoms with Crippen molar-refractivity contribution >= 4 is 15.9 Å². The van der Waals surface area contributed by atoms with E-state index >= 15 is 0 Å². The Labute approximate surface area is 137 Å². The fourth-order valence-electron chi connectivity index (χ4n) is 2.59. The molecule has 0 aliphatic rings. The quantitative estimate of drug-likeness (QED) is 0.568. The summed E-state index contributed by atoms with van der Waals surface area (Å²) in [5.74, 6) is 0.714. The van der Waals surface area contributed by atoms with Crippen molar-refractivity contribution < 1.29 is 0 Å². The molecule has 1 heteroatoms. The lowest BCUT2D eigenvalue weighted by atomic mass is 9.98. The van der Waals surface area contributed by atoms with Crippen molar-refractivity contribution in [3.8, 4) is 0 Å². The van der Waals surface area contributed by atoms with Crippen molar-refractivity contribution in [2.45, 2.75) is 45.4 Å². The largest absolute Gasteiger partial charge is 0.0835 e. The van der Waals surface area contributed by atoms with Crippen molar-refractivity contribution in [2.75, 3.05) is 0 Å². The van der Waals surface area contributed by atoms with Crippen LogP contribution in [0.4, 0.5) is 0 Å². The fraction of sp³-hybridized carbons (Fsp3) is 0.400. The van der Waals surface area contributed by atoms with Crippen molar-refractivity contribution in [3.63, 3.8) is 0 Å². The minimum Gasteiger partial charge on any atom is -0.0835 e. The maximum Gasteiger partial charge on any atom is 0.0435 e. The van der Waals surface area contributed by atoms with Gasteiger partial charge in [-0.05, 0) is 60.4 Å². The van der Waals surface area contributed by atoms with Gasteiger partial charge in [0.25, 0.3) is 0 Å². The van der Waals surface area contributed by atoms with Crippen molar-refractivity contribution in [1.82, 2.24) is 0 Å². The Morgan fingerprint density at radius 2 is 1.43 bits per heavy atom. The van der Waals surface area contributed by atoms with Gasteiger partial charge in [-0.25, -0.2) is 0 Å². The van der Waals surface area contributed by atoms with E-state index in [0.717, 1.165) is 12.8 Å². The lowest BCUT2D eigenvalue weighted by molar-refractivity contribution is 0.647. The monoisotopic (exact) mass is 344 g/mol. The highest BCUT2D eigenvalue weighted by molar-refractivity contribution is 9.09. The summed E-state index contributed by atoms with van der Waals surface area (Å²) in [5.41, 5.74) is 6.92. The Bertz CT molecular complexity index is 581. The molecule has 0 heterocycles. The first-order valence-electron chi connectivity index (χ1n) is 7.74. The number of benzene rings is 2. The predicted octanol–water partition coefficient (Wildman–Crippen LogP) is 6.18. The van der Waals surface area contributed by atoms with Gasteiger partial charge in [0.1, 0.15) is 0 Å². The summed E-state index contributed by atoms with van der Waals surface area (Å²) in [7, 11) is 0. The van der Waals surface area contributed by atoms with E-state index in [9.17, 15) is 0 Å². The van der Waals surface area contributed by atoms with Crippen LogP contribution < -0.4 is 0 Å². The topological polar surface area (TPSA) is 0 Å². The minimum absolute atomic E-state index is 0.382. The highest BCUT2D eigenvalue weighted by Gasteiger charge is 2.09. The molecule has 0 nitrogen and oxygen atoms in total. The summed E-state index contributed by atoms with van der Waals surface area (Å²) in [6, 6.07) is 15.8. The zero-order chi connectivity index (χ0) is 15.4. The third-order valence-electron chi connectivity index (χ3n) is 3.97. The van der Waals surface area contributed by atoms with Crippen LogP contribution in [0.15, 0.2) is 42.5 Å². The molecule has 112 valence electrons. The smallest absolute Gasteiger partial charge is 0.0435 e. The van der Waals surface area contributed by atoms with E-state index in [-0.39, 0.29) is 0 Å². The molecule has 0 amide bonds. The summed E-state index contributed by atoms with van der Waals surface area (Å²) in [4.78, 5) is 0.382. The van der Waals surface area contributed by atoms with Gasteiger partial charge in [-0.3, -0.25) is 0 Å². The van der Waals surface area contributed by atoms with E-state index in [1.54, 1.807) is 0 Å². The molecule has 0 aromatic heterocycles. The molecule has 1 unspecified atom stereocenters. The van der Waals surface area contributed by atoms with Gasteiger partial charge < -0.3 is 0 Å². The van der Waals surface area contributed by atoms with Crippen LogP contribution in [0, 0.1) is 19.8 Å². The minimum atomic E-state index is 0.382. The summed E-state index contributed by atoms with van der Waals surface area (Å²) < 4.78 is 0. The van der Waals surface area contributed by atoms with Crippen LogP contribution in [0.2, 0.25) is 0 Å². The van der Waals surface area contributed by atoms with Gasteiger partial charge in [0.15, 0.2) is 0 Å². The predicted molar refractivity (Wildman–Crippen MR) is 96.3 cm³/mol. The Morgan fingerprint density at radius 1 is 0.810 bits per heavy atom. The summed E-state index contributed by atoms with van der Waals surface area (Å²) in [6.45, 7) is 8.88. The number of halogens is 1. The van der Waals surface area contributed by atoms with E-state index < -0.39 is 0 Å². The molecule has 0 aliphatic heterocycles. The van der Waals surface area contributed by atoms with Gasteiger partial charge in [0, 0.05) is 4.83 Å². The van der Waals surface area contributed by atoms with E-state index in [0.29, 0.717) is 10.7 Å². The lowest BCUT2D eigenvalue weighted by Crippen LogP contribution is -1.98. The van der Waals surface area contributed by atoms with Gasteiger partial charge in [-0.2, -0.15) is 0 Å². The average Bonchev–Trinajstić information content (AvgIpc) is 2.43. The summed E-state index contributed by atoms with van der Waals surface area (Å²) >= 11 is 3.84. The van der Waals surface area contributed by atoms with Gasteiger partial charge in [-0.15, -0.1) is 0 Å². The number of hydrogen-bond donors (Lipinski definition) is 0. The standard InChI is InChI=1S/C20H25Br/c1-14(2)11-17-7-9-19(10-8-17)20(21)13-18-6-5-15(3)16(4)12-18/h5-10,12,14,20H,11,13H2,1-4H3. The van der Waals surface area contributed by atoms with Crippen LogP contribution in [0.3, 0.4) is 0 Å². The zero-order valence-electron chi connectivity index (χ0n) is 13.5. The molecule has 21 heavy (non-hydrogen) atoms. The van der Waals surface area contributed by atoms with E-state index in [2.05, 4.69) is 86.1 Å². The first-order chi connectivity index (χ1) is 9.95. The molecule has 2 aromatic carbocycles. The van der Waals surface area contributed by atoms with Crippen molar-refractivity contribution in [3.05, 3.63) is 70.3 Å². The first-order valence-corrected chi connectivity index (χ1v) is 8.66. The average molecular weight is 345 g/mol. The third-order valence-corrected chi connectivity index (χ3v) is 4.82. The summed E-state index contributed by atoms with van der Waals surface area (Å²) in [6.07, 6.45) is 2.19. The van der Waals surface area contributed by atoms with Gasteiger partial charge in [0.2, 0.25) is 0 Å². The number of alkyl halides is 1. The highest BCUT2D eigenvalue weighted by Crippen LogP contribution is 2.28. The molecule has 2 rings (SSSR count). The van der Waals surface area contributed by atoms with Crippen LogP contribution in [0.5, 0.6) is 0 Å². The molecule has 0 saturated heterocycles. The second-order valence-corrected chi connectivity index (χ2v) is 7.54. The molecule has 0 fully saturated rings. The van der Waals surface area contributed by atoms with E-state index in [1.165, 1.54) is 27.8 Å². The van der Waals surface area contributed by atoms with Crippen LogP contribution in [-0.4, -0.2) is 0 Å². The third kappa shape index (κ3) is 4.71. The van der Waals surface area contributed by atoms with Gasteiger partial charge in [-0.1, -0.05) is 72.2 Å². The maximum absolute atomic E-state index is 3.84. The number of rotatable bonds is 5. The molecule has 0 aliphatic carbocycles. The second-order valence-electron chi connectivity index (χ2n) is 6.43. The Morgan fingerprint density at radius 3 is 2.00 bits per heavy atom. The van der Waals surface area contributed by atoms with Crippen molar-refractivity contribution in [1.29, 1.82) is 0 Å². The van der Waals surface area contributed by atoms with Gasteiger partial charge in [0.05, 0.1) is 0 Å². The first kappa shape index (κ1) is 16.3. The van der Waals surface area contributed by atoms with Crippen LogP contribution in [-0.2, 0) is 12.8 Å². The molecule has 0 radical (unpaired) electrons. The van der Waals surface area contributed by atoms with Crippen molar-refractivity contribution in [2.24, 2.45) is 5.92 Å². The normalized spacial score (nSPS) is 12.7. The Balaban J connectivity index is 2.05. The van der Waals surface area contributed by atoms with Crippen LogP contribution in [0.1, 0.15) is 46.5 Å².